The zero-order valence-electron chi connectivity index (χ0n) is 16.5. The van der Waals surface area contributed by atoms with Crippen LogP contribution in [-0.4, -0.2) is 17.5 Å². The summed E-state index contributed by atoms with van der Waals surface area (Å²) in [6.07, 6.45) is 1.65. The van der Waals surface area contributed by atoms with E-state index in [2.05, 4.69) is 26.7 Å². The summed E-state index contributed by atoms with van der Waals surface area (Å²) in [5.74, 6) is 1.29. The minimum Gasteiger partial charge on any atom is -0.444 e. The predicted molar refractivity (Wildman–Crippen MR) is 125 cm³/mol. The van der Waals surface area contributed by atoms with Crippen LogP contribution in [0.1, 0.15) is 29.3 Å². The largest absolute Gasteiger partial charge is 0.444 e. The molecule has 0 spiro atoms. The van der Waals surface area contributed by atoms with Gasteiger partial charge in [0.15, 0.2) is 5.96 Å². The Balaban J connectivity index is 0.00000300. The van der Waals surface area contributed by atoms with Gasteiger partial charge in [-0.1, -0.05) is 29.8 Å². The van der Waals surface area contributed by atoms with Crippen LogP contribution in [0.3, 0.4) is 0 Å². The van der Waals surface area contributed by atoms with E-state index in [1.165, 1.54) is 5.56 Å². The number of nitriles is 1. The molecule has 6 nitrogen and oxygen atoms in total. The van der Waals surface area contributed by atoms with Crippen LogP contribution in [0.15, 0.2) is 64.2 Å². The SMILES string of the molecule is CCNC(=NCc1cccc(C#N)c1)NCc1coc(-c2ccc(C)cc2)n1.I. The van der Waals surface area contributed by atoms with Gasteiger partial charge in [-0.2, -0.15) is 5.26 Å². The third kappa shape index (κ3) is 6.61. The lowest BCUT2D eigenvalue weighted by Gasteiger charge is -2.10. The minimum absolute atomic E-state index is 0. The number of hydrogen-bond acceptors (Lipinski definition) is 4. The van der Waals surface area contributed by atoms with E-state index in [-0.39, 0.29) is 24.0 Å². The lowest BCUT2D eigenvalue weighted by atomic mass is 10.1. The standard InChI is InChI=1S/C22H23N5O.HI/c1-3-24-22(25-13-18-6-4-5-17(11-18)12-23)26-14-20-15-28-21(27-20)19-9-7-16(2)8-10-19;/h4-11,15H,3,13-14H2,1-2H3,(H2,24,25,26);1H. The van der Waals surface area contributed by atoms with Crippen LogP contribution in [0.2, 0.25) is 0 Å². The third-order valence-electron chi connectivity index (χ3n) is 4.11. The van der Waals surface area contributed by atoms with Crippen molar-refractivity contribution >= 4 is 29.9 Å². The Morgan fingerprint density at radius 3 is 2.69 bits per heavy atom. The van der Waals surface area contributed by atoms with Crippen LogP contribution in [0, 0.1) is 18.3 Å². The summed E-state index contributed by atoms with van der Waals surface area (Å²) in [6.45, 7) is 5.79. The van der Waals surface area contributed by atoms with Gasteiger partial charge in [0, 0.05) is 12.1 Å². The molecular weight excluding hydrogens is 477 g/mol. The number of aromatic nitrogens is 1. The van der Waals surface area contributed by atoms with Gasteiger partial charge in [-0.3, -0.25) is 0 Å². The van der Waals surface area contributed by atoms with Gasteiger partial charge in [-0.15, -0.1) is 24.0 Å². The van der Waals surface area contributed by atoms with Crippen LogP contribution < -0.4 is 10.6 Å². The van der Waals surface area contributed by atoms with Gasteiger partial charge in [-0.25, -0.2) is 9.98 Å². The molecule has 0 aliphatic rings. The van der Waals surface area contributed by atoms with Crippen LogP contribution in [0.5, 0.6) is 0 Å². The molecule has 0 bridgehead atoms. The van der Waals surface area contributed by atoms with Gasteiger partial charge in [-0.05, 0) is 43.7 Å². The number of nitrogens with zero attached hydrogens (tertiary/aromatic N) is 3. The van der Waals surface area contributed by atoms with E-state index in [0.29, 0.717) is 30.5 Å². The fourth-order valence-electron chi connectivity index (χ4n) is 2.64. The molecule has 0 aliphatic heterocycles. The lowest BCUT2D eigenvalue weighted by Crippen LogP contribution is -2.36. The Bertz CT molecular complexity index is 989. The van der Waals surface area contributed by atoms with Gasteiger partial charge in [0.05, 0.1) is 30.4 Å². The quantitative estimate of drug-likeness (QED) is 0.297. The molecule has 3 aromatic rings. The molecule has 0 atom stereocenters. The molecule has 0 fully saturated rings. The number of guanidine groups is 1. The summed E-state index contributed by atoms with van der Waals surface area (Å²) < 4.78 is 5.60. The van der Waals surface area contributed by atoms with Crippen molar-refractivity contribution in [3.8, 4) is 17.5 Å². The number of benzene rings is 2. The maximum atomic E-state index is 9.01. The van der Waals surface area contributed by atoms with E-state index in [4.69, 9.17) is 9.68 Å². The molecule has 0 aliphatic carbocycles. The van der Waals surface area contributed by atoms with Crippen molar-refractivity contribution in [1.82, 2.24) is 15.6 Å². The number of oxazole rings is 1. The molecule has 150 valence electrons. The first-order chi connectivity index (χ1) is 13.7. The van der Waals surface area contributed by atoms with Crippen molar-refractivity contribution in [2.24, 2.45) is 4.99 Å². The zero-order valence-corrected chi connectivity index (χ0v) is 18.8. The molecule has 1 aromatic heterocycles. The molecular formula is C22H24IN5O. The maximum absolute atomic E-state index is 9.01. The Morgan fingerprint density at radius 1 is 1.17 bits per heavy atom. The van der Waals surface area contributed by atoms with E-state index >= 15 is 0 Å². The molecule has 2 N–H and O–H groups in total. The molecule has 3 rings (SSSR count). The van der Waals surface area contributed by atoms with Crippen LogP contribution in [0.25, 0.3) is 11.5 Å². The Kier molecular flexibility index (Phi) is 8.68. The molecule has 0 saturated heterocycles. The van der Waals surface area contributed by atoms with Gasteiger partial charge in [0.2, 0.25) is 5.89 Å². The summed E-state index contributed by atoms with van der Waals surface area (Å²) >= 11 is 0. The minimum atomic E-state index is 0. The highest BCUT2D eigenvalue weighted by Gasteiger charge is 2.07. The molecule has 1 heterocycles. The second-order valence-electron chi connectivity index (χ2n) is 6.37. The van der Waals surface area contributed by atoms with Crippen LogP contribution >= 0.6 is 24.0 Å². The number of hydrogen-bond donors (Lipinski definition) is 2. The molecule has 7 heteroatoms. The highest BCUT2D eigenvalue weighted by molar-refractivity contribution is 14.0. The van der Waals surface area contributed by atoms with E-state index in [1.54, 1.807) is 12.3 Å². The fraction of sp³-hybridized carbons (Fsp3) is 0.227. The van der Waals surface area contributed by atoms with Crippen molar-refractivity contribution in [2.75, 3.05) is 6.54 Å². The smallest absolute Gasteiger partial charge is 0.226 e. The summed E-state index contributed by atoms with van der Waals surface area (Å²) in [4.78, 5) is 9.11. The summed E-state index contributed by atoms with van der Waals surface area (Å²) in [5, 5.41) is 15.5. The van der Waals surface area contributed by atoms with Crippen molar-refractivity contribution in [2.45, 2.75) is 26.9 Å². The second-order valence-corrected chi connectivity index (χ2v) is 6.37. The molecule has 0 saturated carbocycles. The zero-order chi connectivity index (χ0) is 19.8. The lowest BCUT2D eigenvalue weighted by molar-refractivity contribution is 0.572. The Labute approximate surface area is 188 Å². The summed E-state index contributed by atoms with van der Waals surface area (Å²) in [7, 11) is 0. The molecule has 0 radical (unpaired) electrons. The number of nitrogens with one attached hydrogen (secondary N) is 2. The Hall–Kier alpha value is -2.86. The Morgan fingerprint density at radius 2 is 1.97 bits per heavy atom. The van der Waals surface area contributed by atoms with Crippen LogP contribution in [-0.2, 0) is 13.1 Å². The van der Waals surface area contributed by atoms with E-state index in [9.17, 15) is 0 Å². The van der Waals surface area contributed by atoms with Crippen molar-refractivity contribution in [1.29, 1.82) is 5.26 Å². The molecule has 29 heavy (non-hydrogen) atoms. The van der Waals surface area contributed by atoms with Crippen molar-refractivity contribution < 1.29 is 4.42 Å². The number of halogens is 1. The predicted octanol–water partition coefficient (Wildman–Crippen LogP) is 4.40. The molecule has 0 unspecified atom stereocenters. The number of aryl methyl sites for hydroxylation is 1. The van der Waals surface area contributed by atoms with Gasteiger partial charge < -0.3 is 15.1 Å². The fourth-order valence-corrected chi connectivity index (χ4v) is 2.64. The van der Waals surface area contributed by atoms with Gasteiger partial charge in [0.25, 0.3) is 0 Å². The topological polar surface area (TPSA) is 86.2 Å². The number of aliphatic imine (C=N–C) groups is 1. The highest BCUT2D eigenvalue weighted by atomic mass is 127. The average molecular weight is 501 g/mol. The van der Waals surface area contributed by atoms with E-state index < -0.39 is 0 Å². The first kappa shape index (κ1) is 22.4. The van der Waals surface area contributed by atoms with Crippen molar-refractivity contribution in [3.63, 3.8) is 0 Å². The third-order valence-corrected chi connectivity index (χ3v) is 4.11. The second kappa shape index (κ2) is 11.2. The first-order valence-corrected chi connectivity index (χ1v) is 9.20. The average Bonchev–Trinajstić information content (AvgIpc) is 3.20. The van der Waals surface area contributed by atoms with Crippen LogP contribution in [0.4, 0.5) is 0 Å². The van der Waals surface area contributed by atoms with Gasteiger partial charge >= 0.3 is 0 Å². The maximum Gasteiger partial charge on any atom is 0.226 e. The molecule has 2 aromatic carbocycles. The van der Waals surface area contributed by atoms with E-state index in [1.807, 2.05) is 56.3 Å². The number of rotatable bonds is 6. The molecule has 0 amide bonds. The van der Waals surface area contributed by atoms with Gasteiger partial charge in [0.1, 0.15) is 6.26 Å². The summed E-state index contributed by atoms with van der Waals surface area (Å²) in [5.41, 5.74) is 4.57. The highest BCUT2D eigenvalue weighted by Crippen LogP contribution is 2.19. The monoisotopic (exact) mass is 501 g/mol. The summed E-state index contributed by atoms with van der Waals surface area (Å²) in [6, 6.07) is 17.7. The first-order valence-electron chi connectivity index (χ1n) is 9.20. The normalized spacial score (nSPS) is 10.7. The van der Waals surface area contributed by atoms with E-state index in [0.717, 1.165) is 23.4 Å². The van der Waals surface area contributed by atoms with Crippen molar-refractivity contribution in [3.05, 3.63) is 77.2 Å².